The molecule has 1 heterocycles. The molecule has 1 atom stereocenters. The second-order valence-corrected chi connectivity index (χ2v) is 4.62. The molecule has 4 heteroatoms. The van der Waals surface area contributed by atoms with Crippen LogP contribution in [0.5, 0.6) is 0 Å². The zero-order chi connectivity index (χ0) is 10.2. The van der Waals surface area contributed by atoms with E-state index in [0.717, 1.165) is 25.8 Å². The van der Waals surface area contributed by atoms with E-state index in [4.69, 9.17) is 0 Å². The van der Waals surface area contributed by atoms with Crippen molar-refractivity contribution in [3.63, 3.8) is 0 Å². The Hall–Kier alpha value is -0.610. The summed E-state index contributed by atoms with van der Waals surface area (Å²) in [5.74, 6) is 0.447. The molecule has 0 aromatic carbocycles. The second kappa shape index (κ2) is 3.51. The number of nitrogens with one attached hydrogen (secondary N) is 1. The standard InChI is InChI=1S/C10H18N2O2/c1-12(9(13)8-2-3-8)7-10(14)4-5-11-6-10/h8,11,14H,2-7H2,1H3. The lowest BCUT2D eigenvalue weighted by Crippen LogP contribution is -2.45. The van der Waals surface area contributed by atoms with Crippen LogP contribution in [0.2, 0.25) is 0 Å². The van der Waals surface area contributed by atoms with Gasteiger partial charge >= 0.3 is 0 Å². The van der Waals surface area contributed by atoms with Crippen LogP contribution in [0.1, 0.15) is 19.3 Å². The molecule has 1 amide bonds. The molecule has 2 aliphatic rings. The summed E-state index contributed by atoms with van der Waals surface area (Å²) in [6, 6.07) is 0. The Kier molecular flexibility index (Phi) is 2.49. The summed E-state index contributed by atoms with van der Waals surface area (Å²) in [5.41, 5.74) is -0.695. The average molecular weight is 198 g/mol. The Bertz CT molecular complexity index is 232. The van der Waals surface area contributed by atoms with Crippen LogP contribution in [0, 0.1) is 5.92 Å². The Balaban J connectivity index is 1.86. The fourth-order valence-corrected chi connectivity index (χ4v) is 2.03. The van der Waals surface area contributed by atoms with Crippen molar-refractivity contribution in [3.05, 3.63) is 0 Å². The number of nitrogens with zero attached hydrogens (tertiary/aromatic N) is 1. The third kappa shape index (κ3) is 2.07. The van der Waals surface area contributed by atoms with Gasteiger partial charge in [-0.15, -0.1) is 0 Å². The number of rotatable bonds is 3. The molecule has 0 spiro atoms. The Morgan fingerprint density at radius 1 is 1.64 bits per heavy atom. The van der Waals surface area contributed by atoms with Crippen LogP contribution in [-0.4, -0.2) is 48.2 Å². The smallest absolute Gasteiger partial charge is 0.225 e. The summed E-state index contributed by atoms with van der Waals surface area (Å²) < 4.78 is 0. The molecule has 2 rings (SSSR count). The van der Waals surface area contributed by atoms with Gasteiger partial charge in [-0.1, -0.05) is 0 Å². The molecule has 80 valence electrons. The molecule has 0 aromatic heterocycles. The summed E-state index contributed by atoms with van der Waals surface area (Å²) in [6.07, 6.45) is 2.80. The summed E-state index contributed by atoms with van der Waals surface area (Å²) in [7, 11) is 1.79. The van der Waals surface area contributed by atoms with Gasteiger partial charge in [0.05, 0.1) is 12.1 Å². The summed E-state index contributed by atoms with van der Waals surface area (Å²) in [5, 5.41) is 13.2. The highest BCUT2D eigenvalue weighted by Crippen LogP contribution is 2.31. The van der Waals surface area contributed by atoms with E-state index >= 15 is 0 Å². The van der Waals surface area contributed by atoms with Crippen LogP contribution in [0.15, 0.2) is 0 Å². The van der Waals surface area contributed by atoms with E-state index in [0.29, 0.717) is 13.1 Å². The zero-order valence-electron chi connectivity index (χ0n) is 8.62. The highest BCUT2D eigenvalue weighted by atomic mass is 16.3. The molecule has 1 saturated heterocycles. The van der Waals surface area contributed by atoms with Crippen molar-refractivity contribution in [1.82, 2.24) is 10.2 Å². The molecule has 0 aromatic rings. The van der Waals surface area contributed by atoms with E-state index in [2.05, 4.69) is 5.32 Å². The largest absolute Gasteiger partial charge is 0.387 e. The summed E-state index contributed by atoms with van der Waals surface area (Å²) in [6.45, 7) is 1.92. The van der Waals surface area contributed by atoms with E-state index in [-0.39, 0.29) is 11.8 Å². The monoisotopic (exact) mass is 198 g/mol. The zero-order valence-corrected chi connectivity index (χ0v) is 8.62. The Labute approximate surface area is 84.3 Å². The normalized spacial score (nSPS) is 31.9. The molecular weight excluding hydrogens is 180 g/mol. The van der Waals surface area contributed by atoms with Crippen molar-refractivity contribution in [1.29, 1.82) is 0 Å². The number of amides is 1. The Morgan fingerprint density at radius 2 is 2.36 bits per heavy atom. The number of hydrogen-bond donors (Lipinski definition) is 2. The maximum Gasteiger partial charge on any atom is 0.225 e. The van der Waals surface area contributed by atoms with Gasteiger partial charge in [0.15, 0.2) is 0 Å². The molecule has 1 saturated carbocycles. The predicted molar refractivity (Wildman–Crippen MR) is 52.8 cm³/mol. The fourth-order valence-electron chi connectivity index (χ4n) is 2.03. The van der Waals surface area contributed by atoms with Gasteiger partial charge in [0.1, 0.15) is 0 Å². The number of carbonyl (C=O) groups excluding carboxylic acids is 1. The van der Waals surface area contributed by atoms with E-state index in [1.807, 2.05) is 0 Å². The van der Waals surface area contributed by atoms with Crippen LogP contribution in [-0.2, 0) is 4.79 Å². The average Bonchev–Trinajstić information content (AvgIpc) is 2.89. The number of carbonyl (C=O) groups is 1. The van der Waals surface area contributed by atoms with Crippen molar-refractivity contribution in [2.45, 2.75) is 24.9 Å². The van der Waals surface area contributed by atoms with Crippen molar-refractivity contribution in [2.24, 2.45) is 5.92 Å². The molecule has 2 N–H and O–H groups in total. The first-order valence-corrected chi connectivity index (χ1v) is 5.29. The lowest BCUT2D eigenvalue weighted by Gasteiger charge is -2.28. The Morgan fingerprint density at radius 3 is 2.86 bits per heavy atom. The number of likely N-dealkylation sites (N-methyl/N-ethyl adjacent to an activating group) is 1. The molecule has 0 radical (unpaired) electrons. The van der Waals surface area contributed by atoms with Crippen molar-refractivity contribution in [2.75, 3.05) is 26.7 Å². The number of β-amino-alcohol motifs (C(OH)–C–C–N with tert-alkyl or cyclic N) is 1. The number of aliphatic hydroxyl groups is 1. The quantitative estimate of drug-likeness (QED) is 0.647. The van der Waals surface area contributed by atoms with Crippen molar-refractivity contribution < 1.29 is 9.90 Å². The van der Waals surface area contributed by atoms with Gasteiger partial charge in [0.2, 0.25) is 5.91 Å². The van der Waals surface area contributed by atoms with Crippen LogP contribution in [0.3, 0.4) is 0 Å². The lowest BCUT2D eigenvalue weighted by molar-refractivity contribution is -0.134. The minimum Gasteiger partial charge on any atom is -0.387 e. The predicted octanol–water partition coefficient (Wildman–Crippen LogP) is -0.421. The van der Waals surface area contributed by atoms with Crippen LogP contribution in [0.4, 0.5) is 0 Å². The van der Waals surface area contributed by atoms with E-state index < -0.39 is 5.60 Å². The SMILES string of the molecule is CN(CC1(O)CCNC1)C(=O)C1CC1. The van der Waals surface area contributed by atoms with Gasteiger partial charge in [0, 0.05) is 19.5 Å². The minimum absolute atomic E-state index is 0.199. The topological polar surface area (TPSA) is 52.6 Å². The molecule has 2 fully saturated rings. The second-order valence-electron chi connectivity index (χ2n) is 4.62. The lowest BCUT2D eigenvalue weighted by atomic mass is 10.0. The first-order chi connectivity index (χ1) is 6.61. The summed E-state index contributed by atoms with van der Waals surface area (Å²) in [4.78, 5) is 13.3. The maximum atomic E-state index is 11.6. The third-order valence-electron chi connectivity index (χ3n) is 3.06. The van der Waals surface area contributed by atoms with Gasteiger partial charge in [-0.3, -0.25) is 4.79 Å². The molecule has 0 bridgehead atoms. The van der Waals surface area contributed by atoms with Crippen molar-refractivity contribution >= 4 is 5.91 Å². The van der Waals surface area contributed by atoms with Crippen LogP contribution >= 0.6 is 0 Å². The molecule has 1 aliphatic carbocycles. The number of hydrogen-bond acceptors (Lipinski definition) is 3. The first kappa shape index (κ1) is 9.93. The van der Waals surface area contributed by atoms with Gasteiger partial charge in [-0.25, -0.2) is 0 Å². The van der Waals surface area contributed by atoms with E-state index in [1.54, 1.807) is 11.9 Å². The van der Waals surface area contributed by atoms with E-state index in [1.165, 1.54) is 0 Å². The molecule has 4 nitrogen and oxygen atoms in total. The highest BCUT2D eigenvalue weighted by Gasteiger charge is 2.37. The fraction of sp³-hybridized carbons (Fsp3) is 0.900. The van der Waals surface area contributed by atoms with Crippen molar-refractivity contribution in [3.8, 4) is 0 Å². The maximum absolute atomic E-state index is 11.6. The minimum atomic E-state index is -0.695. The van der Waals surface area contributed by atoms with Crippen LogP contribution in [0.25, 0.3) is 0 Å². The highest BCUT2D eigenvalue weighted by molar-refractivity contribution is 5.80. The van der Waals surface area contributed by atoms with Crippen LogP contribution < -0.4 is 5.32 Å². The van der Waals surface area contributed by atoms with Gasteiger partial charge in [-0.2, -0.15) is 0 Å². The van der Waals surface area contributed by atoms with Gasteiger partial charge in [-0.05, 0) is 25.8 Å². The molecule has 1 aliphatic heterocycles. The van der Waals surface area contributed by atoms with Gasteiger partial charge in [0.25, 0.3) is 0 Å². The summed E-state index contributed by atoms with van der Waals surface area (Å²) >= 11 is 0. The molecule has 1 unspecified atom stereocenters. The van der Waals surface area contributed by atoms with Gasteiger partial charge < -0.3 is 15.3 Å². The third-order valence-corrected chi connectivity index (χ3v) is 3.06. The molecular formula is C10H18N2O2. The first-order valence-electron chi connectivity index (χ1n) is 5.29. The van der Waals surface area contributed by atoms with E-state index in [9.17, 15) is 9.90 Å². The molecule has 14 heavy (non-hydrogen) atoms.